The van der Waals surface area contributed by atoms with Gasteiger partial charge in [0.05, 0.1) is 0 Å². The van der Waals surface area contributed by atoms with E-state index < -0.39 is 0 Å². The average molecular weight is 197 g/mol. The number of ether oxygens (including phenoxy) is 1. The molecule has 14 heavy (non-hydrogen) atoms. The maximum absolute atomic E-state index is 11.6. The molecule has 1 saturated heterocycles. The molecule has 1 aliphatic heterocycles. The maximum Gasteiger partial charge on any atom is 0.410 e. The summed E-state index contributed by atoms with van der Waals surface area (Å²) in [5.74, 6) is 0. The van der Waals surface area contributed by atoms with Gasteiger partial charge in [0.2, 0.25) is 0 Å². The summed E-state index contributed by atoms with van der Waals surface area (Å²) in [7, 11) is 0. The van der Waals surface area contributed by atoms with Crippen molar-refractivity contribution in [2.75, 3.05) is 13.1 Å². The molecule has 1 saturated carbocycles. The molecular formula is C11H19NO2. The third-order valence-corrected chi connectivity index (χ3v) is 3.18. The monoisotopic (exact) mass is 197 g/mol. The molecule has 0 aromatic heterocycles. The van der Waals surface area contributed by atoms with Crippen LogP contribution in [0.4, 0.5) is 4.79 Å². The Kier molecular flexibility index (Phi) is 3.27. The van der Waals surface area contributed by atoms with Crippen molar-refractivity contribution in [3.05, 3.63) is 0 Å². The normalized spacial score (nSPS) is 23.9. The van der Waals surface area contributed by atoms with Gasteiger partial charge in [-0.25, -0.2) is 4.79 Å². The second-order valence-corrected chi connectivity index (χ2v) is 4.34. The SMILES string of the molecule is O=C(OC1CCCCC1)N1CCCC1. The van der Waals surface area contributed by atoms with Gasteiger partial charge in [0, 0.05) is 13.1 Å². The Morgan fingerprint density at radius 1 is 1.00 bits per heavy atom. The minimum Gasteiger partial charge on any atom is -0.446 e. The number of rotatable bonds is 1. The van der Waals surface area contributed by atoms with Gasteiger partial charge in [-0.15, -0.1) is 0 Å². The highest BCUT2D eigenvalue weighted by Gasteiger charge is 2.23. The second kappa shape index (κ2) is 4.67. The minimum atomic E-state index is -0.0746. The van der Waals surface area contributed by atoms with E-state index in [1.807, 2.05) is 4.90 Å². The van der Waals surface area contributed by atoms with Crippen LogP contribution in [0, 0.1) is 0 Å². The van der Waals surface area contributed by atoms with Gasteiger partial charge in [0.15, 0.2) is 0 Å². The zero-order chi connectivity index (χ0) is 9.80. The lowest BCUT2D eigenvalue weighted by Gasteiger charge is -2.24. The minimum absolute atomic E-state index is 0.0746. The summed E-state index contributed by atoms with van der Waals surface area (Å²) in [5, 5.41) is 0. The predicted octanol–water partition coefficient (Wildman–Crippen LogP) is 2.55. The van der Waals surface area contributed by atoms with E-state index in [9.17, 15) is 4.79 Å². The first-order chi connectivity index (χ1) is 6.86. The molecule has 0 N–H and O–H groups in total. The Morgan fingerprint density at radius 2 is 1.64 bits per heavy atom. The fourth-order valence-electron chi connectivity index (χ4n) is 2.30. The van der Waals surface area contributed by atoms with Gasteiger partial charge in [0.25, 0.3) is 0 Å². The molecule has 80 valence electrons. The summed E-state index contributed by atoms with van der Waals surface area (Å²) < 4.78 is 5.46. The standard InChI is InChI=1S/C11H19NO2/c13-11(12-8-4-5-9-12)14-10-6-2-1-3-7-10/h10H,1-9H2. The number of likely N-dealkylation sites (tertiary alicyclic amines) is 1. The molecule has 1 aliphatic carbocycles. The van der Waals surface area contributed by atoms with E-state index in [0.29, 0.717) is 0 Å². The number of hydrogen-bond acceptors (Lipinski definition) is 2. The molecule has 3 heteroatoms. The van der Waals surface area contributed by atoms with Crippen LogP contribution in [0.2, 0.25) is 0 Å². The van der Waals surface area contributed by atoms with Crippen LogP contribution in [0.1, 0.15) is 44.9 Å². The summed E-state index contributed by atoms with van der Waals surface area (Å²) in [6.45, 7) is 1.79. The Morgan fingerprint density at radius 3 is 2.29 bits per heavy atom. The summed E-state index contributed by atoms with van der Waals surface area (Å²) in [6, 6.07) is 0. The molecule has 2 fully saturated rings. The highest BCUT2D eigenvalue weighted by molar-refractivity contribution is 5.68. The van der Waals surface area contributed by atoms with Crippen molar-refractivity contribution in [2.24, 2.45) is 0 Å². The molecule has 2 rings (SSSR count). The molecule has 0 atom stereocenters. The van der Waals surface area contributed by atoms with E-state index >= 15 is 0 Å². The number of hydrogen-bond donors (Lipinski definition) is 0. The number of carbonyl (C=O) groups is 1. The Bertz CT molecular complexity index is 193. The lowest BCUT2D eigenvalue weighted by molar-refractivity contribution is 0.0508. The van der Waals surface area contributed by atoms with Crippen LogP contribution in [-0.2, 0) is 4.74 Å². The first kappa shape index (κ1) is 9.81. The van der Waals surface area contributed by atoms with Gasteiger partial charge in [0.1, 0.15) is 6.10 Å². The van der Waals surface area contributed by atoms with Gasteiger partial charge < -0.3 is 9.64 Å². The maximum atomic E-state index is 11.6. The molecule has 0 aromatic carbocycles. The topological polar surface area (TPSA) is 29.5 Å². The average Bonchev–Trinajstić information content (AvgIpc) is 2.72. The lowest BCUT2D eigenvalue weighted by atomic mass is 9.98. The summed E-state index contributed by atoms with van der Waals surface area (Å²) in [5.41, 5.74) is 0. The van der Waals surface area contributed by atoms with Crippen molar-refractivity contribution in [1.29, 1.82) is 0 Å². The first-order valence-corrected chi connectivity index (χ1v) is 5.82. The van der Waals surface area contributed by atoms with Crippen molar-refractivity contribution in [3.63, 3.8) is 0 Å². The lowest BCUT2D eigenvalue weighted by Crippen LogP contribution is -2.32. The van der Waals surface area contributed by atoms with E-state index in [4.69, 9.17) is 4.74 Å². The molecule has 1 heterocycles. The van der Waals surface area contributed by atoms with E-state index in [2.05, 4.69) is 0 Å². The van der Waals surface area contributed by atoms with Crippen LogP contribution in [0.5, 0.6) is 0 Å². The van der Waals surface area contributed by atoms with E-state index in [1.165, 1.54) is 19.3 Å². The van der Waals surface area contributed by atoms with E-state index in [0.717, 1.165) is 38.8 Å². The Labute approximate surface area is 85.4 Å². The van der Waals surface area contributed by atoms with E-state index in [-0.39, 0.29) is 12.2 Å². The van der Waals surface area contributed by atoms with Crippen LogP contribution in [0.3, 0.4) is 0 Å². The summed E-state index contributed by atoms with van der Waals surface area (Å²) in [4.78, 5) is 13.5. The fourth-order valence-corrected chi connectivity index (χ4v) is 2.30. The molecule has 0 aromatic rings. The zero-order valence-corrected chi connectivity index (χ0v) is 8.71. The number of nitrogens with zero attached hydrogens (tertiary/aromatic N) is 1. The van der Waals surface area contributed by atoms with Gasteiger partial charge in [-0.2, -0.15) is 0 Å². The van der Waals surface area contributed by atoms with Gasteiger partial charge in [-0.1, -0.05) is 6.42 Å². The molecule has 3 nitrogen and oxygen atoms in total. The number of carbonyl (C=O) groups excluding carboxylic acids is 1. The molecule has 0 unspecified atom stereocenters. The molecule has 2 aliphatic rings. The molecule has 0 spiro atoms. The van der Waals surface area contributed by atoms with Crippen molar-refractivity contribution in [2.45, 2.75) is 51.0 Å². The summed E-state index contributed by atoms with van der Waals surface area (Å²) in [6.07, 6.45) is 8.29. The molecular weight excluding hydrogens is 178 g/mol. The summed E-state index contributed by atoms with van der Waals surface area (Å²) >= 11 is 0. The first-order valence-electron chi connectivity index (χ1n) is 5.82. The molecule has 1 amide bonds. The van der Waals surface area contributed by atoms with Gasteiger partial charge >= 0.3 is 6.09 Å². The van der Waals surface area contributed by atoms with Crippen molar-refractivity contribution < 1.29 is 9.53 Å². The third kappa shape index (κ3) is 2.40. The fraction of sp³-hybridized carbons (Fsp3) is 0.909. The highest BCUT2D eigenvalue weighted by atomic mass is 16.6. The molecule has 0 radical (unpaired) electrons. The molecule has 0 bridgehead atoms. The third-order valence-electron chi connectivity index (χ3n) is 3.18. The van der Waals surface area contributed by atoms with Crippen LogP contribution in [0.15, 0.2) is 0 Å². The smallest absolute Gasteiger partial charge is 0.410 e. The van der Waals surface area contributed by atoms with Crippen molar-refractivity contribution in [1.82, 2.24) is 4.90 Å². The van der Waals surface area contributed by atoms with Crippen LogP contribution in [-0.4, -0.2) is 30.2 Å². The van der Waals surface area contributed by atoms with Crippen LogP contribution >= 0.6 is 0 Å². The van der Waals surface area contributed by atoms with Crippen LogP contribution < -0.4 is 0 Å². The Balaban J connectivity index is 1.75. The van der Waals surface area contributed by atoms with Crippen molar-refractivity contribution in [3.8, 4) is 0 Å². The quantitative estimate of drug-likeness (QED) is 0.646. The van der Waals surface area contributed by atoms with Gasteiger partial charge in [-0.3, -0.25) is 0 Å². The van der Waals surface area contributed by atoms with Crippen molar-refractivity contribution >= 4 is 6.09 Å². The highest BCUT2D eigenvalue weighted by Crippen LogP contribution is 2.21. The predicted molar refractivity (Wildman–Crippen MR) is 54.2 cm³/mol. The second-order valence-electron chi connectivity index (χ2n) is 4.34. The van der Waals surface area contributed by atoms with Gasteiger partial charge in [-0.05, 0) is 38.5 Å². The largest absolute Gasteiger partial charge is 0.446 e. The van der Waals surface area contributed by atoms with Crippen LogP contribution in [0.25, 0.3) is 0 Å². The number of amides is 1. The zero-order valence-electron chi connectivity index (χ0n) is 8.71. The Hall–Kier alpha value is -0.730. The van der Waals surface area contributed by atoms with E-state index in [1.54, 1.807) is 0 Å².